The molecule has 0 fully saturated rings. The minimum Gasteiger partial charge on any atom is -0.306 e. The summed E-state index contributed by atoms with van der Waals surface area (Å²) in [6.07, 6.45) is 3.80. The van der Waals surface area contributed by atoms with Gasteiger partial charge in [-0.3, -0.25) is 4.72 Å². The molecule has 0 spiro atoms. The van der Waals surface area contributed by atoms with Gasteiger partial charge in [-0.2, -0.15) is 0 Å². The first-order chi connectivity index (χ1) is 12.9. The molecule has 2 aromatic heterocycles. The number of nitrogens with zero attached hydrogens (tertiary/aromatic N) is 2. The number of halogens is 2. The maximum atomic E-state index is 12.6. The highest BCUT2D eigenvalue weighted by Gasteiger charge is 2.16. The third-order valence-electron chi connectivity index (χ3n) is 3.98. The van der Waals surface area contributed by atoms with Gasteiger partial charge in [0.2, 0.25) is 0 Å². The summed E-state index contributed by atoms with van der Waals surface area (Å²) in [6, 6.07) is 17.0. The van der Waals surface area contributed by atoms with Gasteiger partial charge in [0.15, 0.2) is 0 Å². The normalized spacial score (nSPS) is 11.6. The first-order valence-electron chi connectivity index (χ1n) is 7.94. The van der Waals surface area contributed by atoms with Crippen LogP contribution in [0.15, 0.2) is 78.0 Å². The Morgan fingerprint density at radius 1 is 0.926 bits per heavy atom. The van der Waals surface area contributed by atoms with Crippen LogP contribution in [0.3, 0.4) is 0 Å². The molecule has 4 rings (SSSR count). The standard InChI is InChI=1S/C19H13Cl2N3O2S/c20-16-8-7-15(11-17(16)21)27(25,26)23-14-5-3-4-13(10-14)18-12-24-9-2-1-6-19(24)22-18/h1-12,23H. The number of benzene rings is 2. The van der Waals surface area contributed by atoms with Gasteiger partial charge in [-0.25, -0.2) is 13.4 Å². The Kier molecular flexibility index (Phi) is 4.55. The van der Waals surface area contributed by atoms with E-state index in [-0.39, 0.29) is 9.92 Å². The average molecular weight is 418 g/mol. The smallest absolute Gasteiger partial charge is 0.261 e. The summed E-state index contributed by atoms with van der Waals surface area (Å²) in [7, 11) is -3.79. The number of fused-ring (bicyclic) bond motifs is 1. The number of aromatic nitrogens is 2. The molecule has 2 heterocycles. The van der Waals surface area contributed by atoms with Crippen LogP contribution < -0.4 is 4.72 Å². The Bertz CT molecular complexity index is 1220. The zero-order valence-corrected chi connectivity index (χ0v) is 16.1. The van der Waals surface area contributed by atoms with E-state index in [9.17, 15) is 8.42 Å². The van der Waals surface area contributed by atoms with Crippen molar-refractivity contribution in [2.45, 2.75) is 4.90 Å². The maximum Gasteiger partial charge on any atom is 0.261 e. The summed E-state index contributed by atoms with van der Waals surface area (Å²) in [5.74, 6) is 0. The van der Waals surface area contributed by atoms with Gasteiger partial charge < -0.3 is 4.40 Å². The maximum absolute atomic E-state index is 12.6. The van der Waals surface area contributed by atoms with Crippen LogP contribution in [0.25, 0.3) is 16.9 Å². The molecule has 0 aliphatic heterocycles. The summed E-state index contributed by atoms with van der Waals surface area (Å²) in [4.78, 5) is 4.59. The van der Waals surface area contributed by atoms with E-state index in [2.05, 4.69) is 9.71 Å². The van der Waals surface area contributed by atoms with Gasteiger partial charge >= 0.3 is 0 Å². The van der Waals surface area contributed by atoms with Gasteiger partial charge in [0.05, 0.1) is 20.6 Å². The fourth-order valence-electron chi connectivity index (χ4n) is 2.67. The molecule has 0 aliphatic rings. The van der Waals surface area contributed by atoms with Crippen LogP contribution in [0.1, 0.15) is 0 Å². The average Bonchev–Trinajstić information content (AvgIpc) is 3.08. The predicted molar refractivity (Wildman–Crippen MR) is 108 cm³/mol. The van der Waals surface area contributed by atoms with E-state index in [1.807, 2.05) is 41.1 Å². The molecule has 4 aromatic rings. The van der Waals surface area contributed by atoms with Crippen LogP contribution >= 0.6 is 23.2 Å². The minimum absolute atomic E-state index is 0.0371. The van der Waals surface area contributed by atoms with Gasteiger partial charge in [0.1, 0.15) is 5.65 Å². The SMILES string of the molecule is O=S(=O)(Nc1cccc(-c2cn3ccccc3n2)c1)c1ccc(Cl)c(Cl)c1. The van der Waals surface area contributed by atoms with E-state index in [1.54, 1.807) is 18.2 Å². The van der Waals surface area contributed by atoms with Crippen LogP contribution in [-0.2, 0) is 10.0 Å². The van der Waals surface area contributed by atoms with E-state index in [4.69, 9.17) is 23.2 Å². The molecular weight excluding hydrogens is 405 g/mol. The molecule has 5 nitrogen and oxygen atoms in total. The highest BCUT2D eigenvalue weighted by atomic mass is 35.5. The molecule has 0 aliphatic carbocycles. The second-order valence-electron chi connectivity index (χ2n) is 5.85. The van der Waals surface area contributed by atoms with E-state index in [0.717, 1.165) is 16.9 Å². The molecule has 8 heteroatoms. The zero-order valence-electron chi connectivity index (χ0n) is 13.8. The van der Waals surface area contributed by atoms with E-state index >= 15 is 0 Å². The molecule has 0 radical (unpaired) electrons. The number of hydrogen-bond acceptors (Lipinski definition) is 3. The Morgan fingerprint density at radius 3 is 2.56 bits per heavy atom. The van der Waals surface area contributed by atoms with Crippen molar-refractivity contribution in [3.63, 3.8) is 0 Å². The van der Waals surface area contributed by atoms with Crippen LogP contribution in [-0.4, -0.2) is 17.8 Å². The second-order valence-corrected chi connectivity index (χ2v) is 8.35. The summed E-state index contributed by atoms with van der Waals surface area (Å²) in [5.41, 5.74) is 2.79. The number of sulfonamides is 1. The number of nitrogens with one attached hydrogen (secondary N) is 1. The quantitative estimate of drug-likeness (QED) is 0.501. The topological polar surface area (TPSA) is 63.5 Å². The lowest BCUT2D eigenvalue weighted by Gasteiger charge is -2.09. The molecule has 1 N–H and O–H groups in total. The van der Waals surface area contributed by atoms with Crippen LogP contribution in [0.5, 0.6) is 0 Å². The van der Waals surface area contributed by atoms with Gasteiger partial charge in [-0.15, -0.1) is 0 Å². The molecule has 0 unspecified atom stereocenters. The first-order valence-corrected chi connectivity index (χ1v) is 10.2. The number of pyridine rings is 1. The third-order valence-corrected chi connectivity index (χ3v) is 6.09. The Labute approximate surface area is 166 Å². The lowest BCUT2D eigenvalue weighted by molar-refractivity contribution is 0.601. The van der Waals surface area contributed by atoms with Crippen molar-refractivity contribution >= 4 is 44.6 Å². The molecular formula is C19H13Cl2N3O2S. The van der Waals surface area contributed by atoms with E-state index < -0.39 is 10.0 Å². The van der Waals surface area contributed by atoms with Gasteiger partial charge in [0.25, 0.3) is 10.0 Å². The minimum atomic E-state index is -3.79. The fourth-order valence-corrected chi connectivity index (χ4v) is 4.11. The van der Waals surface area contributed by atoms with Gasteiger partial charge in [-0.05, 0) is 42.5 Å². The number of imidazole rings is 1. The summed E-state index contributed by atoms with van der Waals surface area (Å²) in [5, 5.41) is 0.474. The van der Waals surface area contributed by atoms with E-state index in [0.29, 0.717) is 10.7 Å². The number of rotatable bonds is 4. The molecule has 0 amide bonds. The molecule has 2 aromatic carbocycles. The molecule has 0 bridgehead atoms. The molecule has 27 heavy (non-hydrogen) atoms. The van der Waals surface area contributed by atoms with Crippen molar-refractivity contribution in [2.75, 3.05) is 4.72 Å². The number of anilines is 1. The van der Waals surface area contributed by atoms with E-state index in [1.165, 1.54) is 18.2 Å². The lowest BCUT2D eigenvalue weighted by atomic mass is 10.1. The van der Waals surface area contributed by atoms with Crippen molar-refractivity contribution in [3.05, 3.63) is 83.1 Å². The predicted octanol–water partition coefficient (Wildman–Crippen LogP) is 5.11. The van der Waals surface area contributed by atoms with Crippen molar-refractivity contribution < 1.29 is 8.42 Å². The largest absolute Gasteiger partial charge is 0.306 e. The van der Waals surface area contributed by atoms with Gasteiger partial charge in [0, 0.05) is 23.6 Å². The Balaban J connectivity index is 1.67. The highest BCUT2D eigenvalue weighted by molar-refractivity contribution is 7.92. The fraction of sp³-hybridized carbons (Fsp3) is 0. The Morgan fingerprint density at radius 2 is 1.78 bits per heavy atom. The van der Waals surface area contributed by atoms with Crippen molar-refractivity contribution in [3.8, 4) is 11.3 Å². The first kappa shape index (κ1) is 17.9. The third kappa shape index (κ3) is 3.64. The van der Waals surface area contributed by atoms with Crippen molar-refractivity contribution in [2.24, 2.45) is 0 Å². The Hall–Kier alpha value is -2.54. The zero-order chi connectivity index (χ0) is 19.0. The monoisotopic (exact) mass is 417 g/mol. The summed E-state index contributed by atoms with van der Waals surface area (Å²) >= 11 is 11.8. The lowest BCUT2D eigenvalue weighted by Crippen LogP contribution is -2.12. The summed E-state index contributed by atoms with van der Waals surface area (Å²) in [6.45, 7) is 0. The van der Waals surface area contributed by atoms with Crippen LogP contribution in [0.2, 0.25) is 10.0 Å². The van der Waals surface area contributed by atoms with Crippen LogP contribution in [0, 0.1) is 0 Å². The molecule has 0 saturated carbocycles. The van der Waals surface area contributed by atoms with Crippen molar-refractivity contribution in [1.29, 1.82) is 0 Å². The second kappa shape index (κ2) is 6.88. The van der Waals surface area contributed by atoms with Crippen LogP contribution in [0.4, 0.5) is 5.69 Å². The van der Waals surface area contributed by atoms with Gasteiger partial charge in [-0.1, -0.05) is 41.4 Å². The molecule has 0 atom stereocenters. The molecule has 0 saturated heterocycles. The molecule has 136 valence electrons. The summed E-state index contributed by atoms with van der Waals surface area (Å²) < 4.78 is 29.7. The highest BCUT2D eigenvalue weighted by Crippen LogP contribution is 2.27. The number of hydrogen-bond donors (Lipinski definition) is 1. The van der Waals surface area contributed by atoms with Crippen molar-refractivity contribution in [1.82, 2.24) is 9.38 Å².